The molecule has 0 unspecified atom stereocenters. The Hall–Kier alpha value is -3.01. The van der Waals surface area contributed by atoms with Crippen LogP contribution in [0, 0.1) is 0 Å². The number of amides is 1. The molecule has 0 aliphatic carbocycles. The molecule has 3 aromatic rings. The lowest BCUT2D eigenvalue weighted by Gasteiger charge is -2.13. The molecule has 1 heterocycles. The summed E-state index contributed by atoms with van der Waals surface area (Å²) >= 11 is 0. The third-order valence-corrected chi connectivity index (χ3v) is 3.88. The van der Waals surface area contributed by atoms with Crippen molar-refractivity contribution in [3.05, 3.63) is 84.3 Å². The third kappa shape index (κ3) is 4.98. The standard InChI is InChI=1S/C21H21NO3/c1-16(9-12-18-8-5-15-24-18)22-21(23)17-10-13-20(14-11-17)25-19-6-3-2-4-7-19/h2-8,10-11,13-16H,9,12H2,1H3,(H,22,23)/t16-/m1/s1. The highest BCUT2D eigenvalue weighted by Gasteiger charge is 2.11. The summed E-state index contributed by atoms with van der Waals surface area (Å²) in [7, 11) is 0. The number of aryl methyl sites for hydroxylation is 1. The molecule has 0 radical (unpaired) electrons. The van der Waals surface area contributed by atoms with E-state index in [1.54, 1.807) is 30.5 Å². The molecule has 25 heavy (non-hydrogen) atoms. The van der Waals surface area contributed by atoms with Crippen LogP contribution in [0.2, 0.25) is 0 Å². The second kappa shape index (κ2) is 8.20. The van der Waals surface area contributed by atoms with Crippen molar-refractivity contribution in [1.29, 1.82) is 0 Å². The van der Waals surface area contributed by atoms with E-state index >= 15 is 0 Å². The summed E-state index contributed by atoms with van der Waals surface area (Å²) in [4.78, 5) is 12.3. The van der Waals surface area contributed by atoms with Crippen molar-refractivity contribution in [2.24, 2.45) is 0 Å². The lowest BCUT2D eigenvalue weighted by Crippen LogP contribution is -2.32. The van der Waals surface area contributed by atoms with Gasteiger partial charge in [-0.2, -0.15) is 0 Å². The number of furan rings is 1. The average molecular weight is 335 g/mol. The van der Waals surface area contributed by atoms with E-state index in [1.807, 2.05) is 49.4 Å². The van der Waals surface area contributed by atoms with Crippen LogP contribution in [0.1, 0.15) is 29.5 Å². The van der Waals surface area contributed by atoms with Crippen LogP contribution < -0.4 is 10.1 Å². The van der Waals surface area contributed by atoms with E-state index in [9.17, 15) is 4.79 Å². The minimum Gasteiger partial charge on any atom is -0.469 e. The van der Waals surface area contributed by atoms with Gasteiger partial charge in [-0.1, -0.05) is 18.2 Å². The quantitative estimate of drug-likeness (QED) is 0.673. The maximum absolute atomic E-state index is 12.3. The summed E-state index contributed by atoms with van der Waals surface area (Å²) in [6.07, 6.45) is 3.30. The van der Waals surface area contributed by atoms with Crippen LogP contribution in [0.3, 0.4) is 0 Å². The van der Waals surface area contributed by atoms with Crippen LogP contribution in [-0.2, 0) is 6.42 Å². The van der Waals surface area contributed by atoms with E-state index < -0.39 is 0 Å². The molecule has 0 spiro atoms. The molecule has 0 aliphatic rings. The van der Waals surface area contributed by atoms with Crippen LogP contribution in [-0.4, -0.2) is 11.9 Å². The minimum atomic E-state index is -0.0850. The van der Waals surface area contributed by atoms with Gasteiger partial charge in [0.05, 0.1) is 6.26 Å². The Balaban J connectivity index is 1.51. The maximum Gasteiger partial charge on any atom is 0.251 e. The molecular weight excluding hydrogens is 314 g/mol. The monoisotopic (exact) mass is 335 g/mol. The first-order chi connectivity index (χ1) is 12.2. The number of carbonyl (C=O) groups excluding carboxylic acids is 1. The maximum atomic E-state index is 12.3. The van der Waals surface area contributed by atoms with Gasteiger partial charge in [0.15, 0.2) is 0 Å². The molecule has 0 saturated heterocycles. The van der Waals surface area contributed by atoms with Crippen molar-refractivity contribution in [2.75, 3.05) is 0 Å². The van der Waals surface area contributed by atoms with E-state index in [1.165, 1.54) is 0 Å². The average Bonchev–Trinajstić information content (AvgIpc) is 3.15. The molecule has 0 aliphatic heterocycles. The van der Waals surface area contributed by atoms with Gasteiger partial charge in [0.25, 0.3) is 5.91 Å². The SMILES string of the molecule is C[C@H](CCc1ccco1)NC(=O)c1ccc(Oc2ccccc2)cc1. The van der Waals surface area contributed by atoms with Gasteiger partial charge in [-0.05, 0) is 61.9 Å². The van der Waals surface area contributed by atoms with Crippen molar-refractivity contribution in [2.45, 2.75) is 25.8 Å². The predicted molar refractivity (Wildman–Crippen MR) is 96.9 cm³/mol. The van der Waals surface area contributed by atoms with Gasteiger partial charge in [-0.25, -0.2) is 0 Å². The number of hydrogen-bond acceptors (Lipinski definition) is 3. The second-order valence-electron chi connectivity index (χ2n) is 5.93. The van der Waals surface area contributed by atoms with Crippen molar-refractivity contribution in [3.63, 3.8) is 0 Å². The van der Waals surface area contributed by atoms with E-state index in [4.69, 9.17) is 9.15 Å². The van der Waals surface area contributed by atoms with Gasteiger partial charge in [-0.15, -0.1) is 0 Å². The second-order valence-corrected chi connectivity index (χ2v) is 5.93. The Morgan fingerprint density at radius 3 is 2.40 bits per heavy atom. The van der Waals surface area contributed by atoms with Crippen molar-refractivity contribution >= 4 is 5.91 Å². The van der Waals surface area contributed by atoms with Crippen molar-refractivity contribution in [3.8, 4) is 11.5 Å². The highest BCUT2D eigenvalue weighted by Crippen LogP contribution is 2.21. The number of benzene rings is 2. The predicted octanol–water partition coefficient (Wildman–Crippen LogP) is 4.82. The van der Waals surface area contributed by atoms with Gasteiger partial charge in [0, 0.05) is 18.0 Å². The van der Waals surface area contributed by atoms with E-state index in [2.05, 4.69) is 5.32 Å². The fourth-order valence-electron chi connectivity index (χ4n) is 2.49. The number of hydrogen-bond donors (Lipinski definition) is 1. The first kappa shape index (κ1) is 16.8. The van der Waals surface area contributed by atoms with Crippen LogP contribution in [0.25, 0.3) is 0 Å². The molecule has 2 aromatic carbocycles. The first-order valence-electron chi connectivity index (χ1n) is 8.37. The smallest absolute Gasteiger partial charge is 0.251 e. The number of rotatable bonds is 7. The van der Waals surface area contributed by atoms with E-state index in [0.29, 0.717) is 11.3 Å². The summed E-state index contributed by atoms with van der Waals surface area (Å²) in [5.41, 5.74) is 0.616. The molecule has 0 bridgehead atoms. The highest BCUT2D eigenvalue weighted by atomic mass is 16.5. The zero-order valence-corrected chi connectivity index (χ0v) is 14.1. The molecular formula is C21H21NO3. The number of para-hydroxylation sites is 1. The third-order valence-electron chi connectivity index (χ3n) is 3.88. The van der Waals surface area contributed by atoms with Crippen LogP contribution in [0.5, 0.6) is 11.5 Å². The summed E-state index contributed by atoms with van der Waals surface area (Å²) < 4.78 is 11.0. The Labute approximate surface area is 147 Å². The van der Waals surface area contributed by atoms with Crippen molar-refractivity contribution in [1.82, 2.24) is 5.32 Å². The molecule has 0 fully saturated rings. The number of nitrogens with one attached hydrogen (secondary N) is 1. The summed E-state index contributed by atoms with van der Waals surface area (Å²) in [5, 5.41) is 3.01. The Kier molecular flexibility index (Phi) is 5.52. The van der Waals surface area contributed by atoms with Crippen molar-refractivity contribution < 1.29 is 13.9 Å². The van der Waals surface area contributed by atoms with Gasteiger partial charge in [0.1, 0.15) is 17.3 Å². The molecule has 1 aromatic heterocycles. The van der Waals surface area contributed by atoms with Crippen LogP contribution in [0.15, 0.2) is 77.4 Å². The van der Waals surface area contributed by atoms with Crippen LogP contribution in [0.4, 0.5) is 0 Å². The fraction of sp³-hybridized carbons (Fsp3) is 0.190. The normalized spacial score (nSPS) is 11.7. The lowest BCUT2D eigenvalue weighted by molar-refractivity contribution is 0.0938. The van der Waals surface area contributed by atoms with Gasteiger partial charge in [0.2, 0.25) is 0 Å². The molecule has 1 amide bonds. The summed E-state index contributed by atoms with van der Waals surface area (Å²) in [5.74, 6) is 2.32. The Morgan fingerprint density at radius 2 is 1.72 bits per heavy atom. The highest BCUT2D eigenvalue weighted by molar-refractivity contribution is 5.94. The van der Waals surface area contributed by atoms with Crippen LogP contribution >= 0.6 is 0 Å². The molecule has 3 rings (SSSR count). The van der Waals surface area contributed by atoms with Gasteiger partial charge in [-0.3, -0.25) is 4.79 Å². The lowest BCUT2D eigenvalue weighted by atomic mass is 10.1. The van der Waals surface area contributed by atoms with Gasteiger partial charge < -0.3 is 14.5 Å². The first-order valence-corrected chi connectivity index (χ1v) is 8.37. The molecule has 1 atom stereocenters. The molecule has 128 valence electrons. The number of carbonyl (C=O) groups is 1. The number of ether oxygens (including phenoxy) is 1. The van der Waals surface area contributed by atoms with E-state index in [0.717, 1.165) is 24.4 Å². The molecule has 1 N–H and O–H groups in total. The Bertz CT molecular complexity index is 780. The fourth-order valence-corrected chi connectivity index (χ4v) is 2.49. The zero-order valence-electron chi connectivity index (χ0n) is 14.1. The molecule has 4 heteroatoms. The van der Waals surface area contributed by atoms with Gasteiger partial charge >= 0.3 is 0 Å². The zero-order chi connectivity index (χ0) is 17.5. The Morgan fingerprint density at radius 1 is 1.00 bits per heavy atom. The minimum absolute atomic E-state index is 0.0674. The molecule has 4 nitrogen and oxygen atoms in total. The topological polar surface area (TPSA) is 51.5 Å². The summed E-state index contributed by atoms with van der Waals surface area (Å²) in [6.45, 7) is 1.99. The molecule has 0 saturated carbocycles. The summed E-state index contributed by atoms with van der Waals surface area (Å²) in [6, 6.07) is 20.6. The van der Waals surface area contributed by atoms with E-state index in [-0.39, 0.29) is 11.9 Å². The largest absolute Gasteiger partial charge is 0.469 e.